The zero-order valence-electron chi connectivity index (χ0n) is 27.6. The molecule has 1 fully saturated rings. The van der Waals surface area contributed by atoms with Crippen molar-refractivity contribution >= 4 is 23.3 Å². The molecule has 1 amide bonds. The molecule has 0 radical (unpaired) electrons. The van der Waals surface area contributed by atoms with E-state index in [1.54, 1.807) is 4.90 Å². The Balaban J connectivity index is 1.22. The third-order valence-corrected chi connectivity index (χ3v) is 9.06. The molecule has 0 atom stereocenters. The molecule has 43 heavy (non-hydrogen) atoms. The van der Waals surface area contributed by atoms with Crippen molar-refractivity contribution in [1.29, 1.82) is 0 Å². The number of ether oxygens (including phenoxy) is 2. The highest BCUT2D eigenvalue weighted by Gasteiger charge is 2.33. The van der Waals surface area contributed by atoms with E-state index in [0.717, 1.165) is 75.4 Å². The Labute approximate surface area is 259 Å². The van der Waals surface area contributed by atoms with Gasteiger partial charge in [0, 0.05) is 44.4 Å². The molecular formula is C36H53N3O4. The van der Waals surface area contributed by atoms with Gasteiger partial charge in [-0.25, -0.2) is 0 Å². The van der Waals surface area contributed by atoms with Crippen LogP contribution in [0.15, 0.2) is 36.4 Å². The number of hydrogen-bond donors (Lipinski definition) is 0. The number of rotatable bonds is 12. The summed E-state index contributed by atoms with van der Waals surface area (Å²) in [6, 6.07) is 12.5. The van der Waals surface area contributed by atoms with Crippen LogP contribution in [-0.2, 0) is 20.7 Å². The van der Waals surface area contributed by atoms with Gasteiger partial charge in [-0.15, -0.1) is 0 Å². The molecule has 7 nitrogen and oxygen atoms in total. The molecule has 2 aliphatic rings. The van der Waals surface area contributed by atoms with E-state index < -0.39 is 5.41 Å². The van der Waals surface area contributed by atoms with Crippen molar-refractivity contribution in [3.05, 3.63) is 53.1 Å². The second-order valence-electron chi connectivity index (χ2n) is 14.2. The summed E-state index contributed by atoms with van der Waals surface area (Å²) >= 11 is 0. The van der Waals surface area contributed by atoms with Gasteiger partial charge in [-0.2, -0.15) is 0 Å². The Morgan fingerprint density at radius 3 is 2.35 bits per heavy atom. The second-order valence-corrected chi connectivity index (χ2v) is 14.2. The molecule has 0 aliphatic carbocycles. The van der Waals surface area contributed by atoms with Crippen molar-refractivity contribution in [3.8, 4) is 5.75 Å². The molecule has 0 unspecified atom stereocenters. The molecule has 4 rings (SSSR count). The fraction of sp³-hybridized carbons (Fsp3) is 0.611. The molecule has 0 saturated carbocycles. The monoisotopic (exact) mass is 591 g/mol. The SMILES string of the molecule is Cc1cccc(N2CCN(CCCCOc3ccc4c(c3)N(COC(=O)C(C)(C)CCC(C)(C)C)C(=O)CC4)CC2)c1C. The van der Waals surface area contributed by atoms with Crippen LogP contribution in [-0.4, -0.2) is 62.8 Å². The van der Waals surface area contributed by atoms with Gasteiger partial charge >= 0.3 is 5.97 Å². The van der Waals surface area contributed by atoms with E-state index in [1.807, 2.05) is 32.0 Å². The van der Waals surface area contributed by atoms with Gasteiger partial charge in [-0.05, 0) is 101 Å². The summed E-state index contributed by atoms with van der Waals surface area (Å²) in [5.74, 6) is 0.454. The summed E-state index contributed by atoms with van der Waals surface area (Å²) in [6.07, 6.45) is 4.81. The molecule has 1 saturated heterocycles. The lowest BCUT2D eigenvalue weighted by molar-refractivity contribution is -0.154. The lowest BCUT2D eigenvalue weighted by atomic mass is 9.80. The first kappa shape index (κ1) is 32.8. The summed E-state index contributed by atoms with van der Waals surface area (Å²) in [7, 11) is 0. The first-order valence-electron chi connectivity index (χ1n) is 16.1. The molecule has 2 aliphatic heterocycles. The standard InChI is InChI=1S/C36H53N3O4/c1-27-11-10-12-31(28(27)2)38-22-20-37(21-23-38)19-8-9-24-42-30-15-13-29-14-16-33(40)39(32(29)25-30)26-43-34(41)36(6,7)18-17-35(3,4)5/h10-13,15,25H,8-9,14,16-24,26H2,1-7H3. The largest absolute Gasteiger partial charge is 0.494 e. The van der Waals surface area contributed by atoms with Crippen molar-refractivity contribution in [2.24, 2.45) is 10.8 Å². The summed E-state index contributed by atoms with van der Waals surface area (Å²) in [5.41, 5.74) is 5.52. The van der Waals surface area contributed by atoms with Gasteiger partial charge in [0.15, 0.2) is 6.73 Å². The number of benzene rings is 2. The number of amides is 1. The Morgan fingerprint density at radius 2 is 1.63 bits per heavy atom. The quantitative estimate of drug-likeness (QED) is 0.197. The molecule has 0 spiro atoms. The molecule has 7 heteroatoms. The van der Waals surface area contributed by atoms with Crippen LogP contribution in [0.4, 0.5) is 11.4 Å². The van der Waals surface area contributed by atoms with Gasteiger partial charge in [0.1, 0.15) is 5.75 Å². The van der Waals surface area contributed by atoms with E-state index in [4.69, 9.17) is 9.47 Å². The Hall–Kier alpha value is -3.06. The van der Waals surface area contributed by atoms with Crippen LogP contribution in [0.1, 0.15) is 83.4 Å². The normalized spacial score (nSPS) is 16.3. The molecule has 0 aromatic heterocycles. The summed E-state index contributed by atoms with van der Waals surface area (Å²) < 4.78 is 11.8. The minimum atomic E-state index is -0.604. The first-order chi connectivity index (χ1) is 20.3. The summed E-state index contributed by atoms with van der Waals surface area (Å²) in [5, 5.41) is 0. The molecule has 2 aromatic rings. The number of carbonyl (C=O) groups excluding carboxylic acids is 2. The topological polar surface area (TPSA) is 62.3 Å². The predicted octanol–water partition coefficient (Wildman–Crippen LogP) is 6.92. The third kappa shape index (κ3) is 8.98. The maximum Gasteiger partial charge on any atom is 0.313 e. The van der Waals surface area contributed by atoms with Crippen LogP contribution in [0.25, 0.3) is 0 Å². The molecular weight excluding hydrogens is 538 g/mol. The lowest BCUT2D eigenvalue weighted by Crippen LogP contribution is -2.46. The van der Waals surface area contributed by atoms with Crippen LogP contribution >= 0.6 is 0 Å². The fourth-order valence-corrected chi connectivity index (χ4v) is 5.77. The summed E-state index contributed by atoms with van der Waals surface area (Å²) in [4.78, 5) is 32.5. The minimum absolute atomic E-state index is 0.0254. The number of fused-ring (bicyclic) bond motifs is 1. The molecule has 236 valence electrons. The summed E-state index contributed by atoms with van der Waals surface area (Å²) in [6.45, 7) is 20.7. The highest BCUT2D eigenvalue weighted by atomic mass is 16.5. The van der Waals surface area contributed by atoms with Gasteiger partial charge in [-0.3, -0.25) is 19.4 Å². The lowest BCUT2D eigenvalue weighted by Gasteiger charge is -2.37. The van der Waals surface area contributed by atoms with Crippen LogP contribution in [0.3, 0.4) is 0 Å². The van der Waals surface area contributed by atoms with E-state index in [-0.39, 0.29) is 24.0 Å². The number of hydrogen-bond acceptors (Lipinski definition) is 6. The number of aryl methyl sites for hydroxylation is 2. The Morgan fingerprint density at radius 1 is 0.884 bits per heavy atom. The number of nitrogens with zero attached hydrogens (tertiary/aromatic N) is 3. The van der Waals surface area contributed by atoms with Crippen LogP contribution in [0.5, 0.6) is 5.75 Å². The molecule has 0 bridgehead atoms. The Kier molecular flexibility index (Phi) is 10.8. The van der Waals surface area contributed by atoms with Crippen LogP contribution in [0.2, 0.25) is 0 Å². The van der Waals surface area contributed by atoms with E-state index in [1.165, 1.54) is 16.8 Å². The fourth-order valence-electron chi connectivity index (χ4n) is 5.77. The zero-order valence-corrected chi connectivity index (χ0v) is 27.6. The highest BCUT2D eigenvalue weighted by molar-refractivity contribution is 5.96. The van der Waals surface area contributed by atoms with E-state index in [0.29, 0.717) is 19.4 Å². The van der Waals surface area contributed by atoms with Gasteiger partial charge in [0.2, 0.25) is 5.91 Å². The van der Waals surface area contributed by atoms with E-state index in [2.05, 4.69) is 62.6 Å². The Bertz CT molecular complexity index is 1260. The van der Waals surface area contributed by atoms with E-state index >= 15 is 0 Å². The third-order valence-electron chi connectivity index (χ3n) is 9.06. The van der Waals surface area contributed by atoms with Gasteiger partial charge in [0.05, 0.1) is 17.7 Å². The van der Waals surface area contributed by atoms with Crippen molar-refractivity contribution in [2.75, 3.05) is 55.9 Å². The average molecular weight is 592 g/mol. The van der Waals surface area contributed by atoms with Crippen molar-refractivity contribution in [2.45, 2.75) is 87.0 Å². The molecule has 2 aromatic carbocycles. The van der Waals surface area contributed by atoms with Crippen LogP contribution in [0, 0.1) is 24.7 Å². The number of anilines is 2. The number of unbranched alkanes of at least 4 members (excludes halogenated alkanes) is 1. The van der Waals surface area contributed by atoms with Gasteiger partial charge in [0.25, 0.3) is 0 Å². The van der Waals surface area contributed by atoms with Crippen molar-refractivity contribution < 1.29 is 19.1 Å². The smallest absolute Gasteiger partial charge is 0.313 e. The second kappa shape index (κ2) is 14.1. The number of esters is 1. The molecule has 2 heterocycles. The predicted molar refractivity (Wildman–Crippen MR) is 175 cm³/mol. The van der Waals surface area contributed by atoms with E-state index in [9.17, 15) is 9.59 Å². The highest BCUT2D eigenvalue weighted by Crippen LogP contribution is 2.34. The maximum absolute atomic E-state index is 12.9. The molecule has 0 N–H and O–H groups in total. The number of carbonyl (C=O) groups is 2. The first-order valence-corrected chi connectivity index (χ1v) is 16.1. The zero-order chi connectivity index (χ0) is 31.2. The van der Waals surface area contributed by atoms with Crippen molar-refractivity contribution in [1.82, 2.24) is 4.90 Å². The number of piperazine rings is 1. The maximum atomic E-state index is 12.9. The van der Waals surface area contributed by atoms with Gasteiger partial charge < -0.3 is 14.4 Å². The minimum Gasteiger partial charge on any atom is -0.494 e. The average Bonchev–Trinajstić information content (AvgIpc) is 2.97. The van der Waals surface area contributed by atoms with Gasteiger partial charge in [-0.1, -0.05) is 39.0 Å². The van der Waals surface area contributed by atoms with Crippen molar-refractivity contribution in [3.63, 3.8) is 0 Å². The van der Waals surface area contributed by atoms with Crippen LogP contribution < -0.4 is 14.5 Å².